The highest BCUT2D eigenvalue weighted by atomic mass is 32.1. The third kappa shape index (κ3) is 6.05. The third-order valence-corrected chi connectivity index (χ3v) is 12.0. The summed E-state index contributed by atoms with van der Waals surface area (Å²) >= 11 is 1.88. The molecule has 54 heavy (non-hydrogen) atoms. The van der Waals surface area contributed by atoms with Crippen molar-refractivity contribution < 1.29 is 0 Å². The molecule has 7 aromatic rings. The van der Waals surface area contributed by atoms with Crippen LogP contribution in [-0.4, -0.2) is 0 Å². The average Bonchev–Trinajstić information content (AvgIpc) is 3.35. The molecule has 1 atom stereocenters. The maximum Gasteiger partial charge on any atom is 0.0355 e. The predicted molar refractivity (Wildman–Crippen MR) is 235 cm³/mol. The van der Waals surface area contributed by atoms with E-state index in [1.54, 1.807) is 0 Å². The molecular weight excluding hydrogens is 669 g/mol. The fourth-order valence-electron chi connectivity index (χ4n) is 8.37. The Morgan fingerprint density at radius 3 is 1.50 bits per heavy atom. The van der Waals surface area contributed by atoms with Crippen LogP contribution in [-0.2, 0) is 5.41 Å². The summed E-state index contributed by atoms with van der Waals surface area (Å²) in [6.45, 7) is 7.03. The molecule has 2 aliphatic rings. The van der Waals surface area contributed by atoms with E-state index in [0.717, 1.165) is 0 Å². The van der Waals surface area contributed by atoms with Crippen LogP contribution >= 0.6 is 11.3 Å². The Kier molecular flexibility index (Phi) is 8.61. The van der Waals surface area contributed by atoms with Gasteiger partial charge >= 0.3 is 0 Å². The topological polar surface area (TPSA) is 0 Å². The van der Waals surface area contributed by atoms with Gasteiger partial charge in [-0.15, -0.1) is 11.3 Å². The highest BCUT2D eigenvalue weighted by Gasteiger charge is 2.36. The van der Waals surface area contributed by atoms with Gasteiger partial charge in [-0.2, -0.15) is 0 Å². The smallest absolute Gasteiger partial charge is 0.0355 e. The van der Waals surface area contributed by atoms with Crippen LogP contribution in [0.1, 0.15) is 42.3 Å². The zero-order chi connectivity index (χ0) is 36.7. The molecule has 1 heteroatoms. The lowest BCUT2D eigenvalue weighted by Gasteiger charge is -2.35. The molecule has 0 radical (unpaired) electrons. The molecule has 0 fully saturated rings. The summed E-state index contributed by atoms with van der Waals surface area (Å²) < 4.78 is 1.32. The third-order valence-electron chi connectivity index (χ3n) is 10.9. The van der Waals surface area contributed by atoms with Gasteiger partial charge in [0.1, 0.15) is 0 Å². The minimum atomic E-state index is -0.499. The van der Waals surface area contributed by atoms with Gasteiger partial charge in [-0.25, -0.2) is 0 Å². The van der Waals surface area contributed by atoms with Crippen LogP contribution < -0.4 is 0 Å². The van der Waals surface area contributed by atoms with E-state index in [1.807, 2.05) is 11.3 Å². The maximum atomic E-state index is 2.47. The minimum absolute atomic E-state index is 0.166. The zero-order valence-electron chi connectivity index (χ0n) is 31.0. The average molecular weight is 711 g/mol. The second-order valence-corrected chi connectivity index (χ2v) is 16.3. The van der Waals surface area contributed by atoms with E-state index in [-0.39, 0.29) is 5.41 Å². The number of benzene rings is 6. The Hall–Kier alpha value is -6.02. The van der Waals surface area contributed by atoms with Crippen molar-refractivity contribution in [2.75, 3.05) is 0 Å². The van der Waals surface area contributed by atoms with Gasteiger partial charge in [0, 0.05) is 31.4 Å². The molecule has 9 rings (SSSR count). The second kappa shape index (κ2) is 13.8. The van der Waals surface area contributed by atoms with Gasteiger partial charge in [0.15, 0.2) is 0 Å². The first-order valence-electron chi connectivity index (χ1n) is 18.9. The Bertz CT molecular complexity index is 2650. The molecule has 2 aliphatic carbocycles. The standard InChI is InChI=1S/C53H42S/c1-52(2)33-19-18-28-41(36-52)50-48(39-24-12-6-13-25-39)46(37-20-8-4-9-21-37)47(38-22-10-5-11-23-38)49(40-26-14-7-15-27-40)51(50)53(3)34-31-43-42-29-16-17-30-44(42)54-45(43)32-35-53/h4-36H,1-3H3. The van der Waals surface area contributed by atoms with Gasteiger partial charge < -0.3 is 0 Å². The highest BCUT2D eigenvalue weighted by molar-refractivity contribution is 7.20. The SMILES string of the molecule is CC1(C)C=CC=CC(c2c(-c3ccccc3)c(-c3ccccc3)c(-c3ccccc3)c(-c3ccccc3)c2C2(C)C=Cc3sc4ccccc4c3C=C2)=C1. The summed E-state index contributed by atoms with van der Waals surface area (Å²) in [7, 11) is 0. The molecular formula is C53H42S. The van der Waals surface area contributed by atoms with Gasteiger partial charge in [-0.1, -0.05) is 202 Å². The van der Waals surface area contributed by atoms with Crippen molar-refractivity contribution in [3.8, 4) is 44.5 Å². The summed E-state index contributed by atoms with van der Waals surface area (Å²) in [4.78, 5) is 1.30. The Morgan fingerprint density at radius 2 is 0.907 bits per heavy atom. The van der Waals surface area contributed by atoms with Gasteiger partial charge in [-0.05, 0) is 80.3 Å². The van der Waals surface area contributed by atoms with Gasteiger partial charge in [-0.3, -0.25) is 0 Å². The molecule has 0 spiro atoms. The molecule has 0 aliphatic heterocycles. The van der Waals surface area contributed by atoms with Gasteiger partial charge in [0.25, 0.3) is 0 Å². The predicted octanol–water partition coefficient (Wildman–Crippen LogP) is 15.1. The van der Waals surface area contributed by atoms with Crippen LogP contribution in [0.25, 0.3) is 72.3 Å². The summed E-state index contributed by atoms with van der Waals surface area (Å²) in [5.74, 6) is 0. The van der Waals surface area contributed by atoms with E-state index in [4.69, 9.17) is 0 Å². The Labute approximate surface area is 323 Å². The van der Waals surface area contributed by atoms with Crippen LogP contribution in [0, 0.1) is 5.41 Å². The van der Waals surface area contributed by atoms with Crippen molar-refractivity contribution >= 4 is 39.1 Å². The molecule has 0 saturated heterocycles. The number of hydrogen-bond acceptors (Lipinski definition) is 1. The normalized spacial score (nSPS) is 17.2. The van der Waals surface area contributed by atoms with Gasteiger partial charge in [0.2, 0.25) is 0 Å². The fourth-order valence-corrected chi connectivity index (χ4v) is 9.47. The lowest BCUT2D eigenvalue weighted by molar-refractivity contribution is 0.628. The molecule has 0 amide bonds. The van der Waals surface area contributed by atoms with E-state index >= 15 is 0 Å². The molecule has 0 N–H and O–H groups in total. The first kappa shape index (κ1) is 33.8. The quantitative estimate of drug-likeness (QED) is 0.161. The summed E-state index contributed by atoms with van der Waals surface area (Å²) in [5.41, 5.74) is 14.2. The molecule has 1 unspecified atom stereocenters. The van der Waals surface area contributed by atoms with Crippen molar-refractivity contribution in [2.24, 2.45) is 5.41 Å². The van der Waals surface area contributed by atoms with E-state index in [9.17, 15) is 0 Å². The van der Waals surface area contributed by atoms with Crippen molar-refractivity contribution in [3.05, 3.63) is 210 Å². The number of rotatable bonds is 6. The fraction of sp³-hybridized carbons (Fsp3) is 0.0943. The maximum absolute atomic E-state index is 2.47. The highest BCUT2D eigenvalue weighted by Crippen LogP contribution is 2.56. The van der Waals surface area contributed by atoms with Crippen LogP contribution in [0.4, 0.5) is 0 Å². The van der Waals surface area contributed by atoms with Gasteiger partial charge in [0.05, 0.1) is 0 Å². The van der Waals surface area contributed by atoms with Crippen LogP contribution in [0.15, 0.2) is 188 Å². The number of thiophene rings is 1. The van der Waals surface area contributed by atoms with Crippen molar-refractivity contribution in [1.82, 2.24) is 0 Å². The molecule has 0 saturated carbocycles. The number of hydrogen-bond donors (Lipinski definition) is 0. The summed E-state index contributed by atoms with van der Waals surface area (Å²) in [6.07, 6.45) is 21.3. The Morgan fingerprint density at radius 1 is 0.426 bits per heavy atom. The lowest BCUT2D eigenvalue weighted by atomic mass is 9.67. The van der Waals surface area contributed by atoms with E-state index in [0.29, 0.717) is 0 Å². The zero-order valence-corrected chi connectivity index (χ0v) is 31.8. The van der Waals surface area contributed by atoms with E-state index in [1.165, 1.54) is 81.7 Å². The first-order valence-corrected chi connectivity index (χ1v) is 19.7. The monoisotopic (exact) mass is 710 g/mol. The molecule has 0 bridgehead atoms. The van der Waals surface area contributed by atoms with Crippen LogP contribution in [0.3, 0.4) is 0 Å². The second-order valence-electron chi connectivity index (χ2n) is 15.2. The van der Waals surface area contributed by atoms with E-state index < -0.39 is 5.41 Å². The first-order chi connectivity index (χ1) is 26.4. The molecule has 260 valence electrons. The number of allylic oxidation sites excluding steroid dienone is 8. The van der Waals surface area contributed by atoms with Crippen LogP contribution in [0.5, 0.6) is 0 Å². The van der Waals surface area contributed by atoms with Crippen molar-refractivity contribution in [2.45, 2.75) is 26.2 Å². The molecule has 6 aromatic carbocycles. The van der Waals surface area contributed by atoms with Crippen LogP contribution in [0.2, 0.25) is 0 Å². The summed E-state index contributed by atoms with van der Waals surface area (Å²) in [6, 6.07) is 53.1. The minimum Gasteiger partial charge on any atom is -0.135 e. The number of fused-ring (bicyclic) bond motifs is 3. The van der Waals surface area contributed by atoms with Crippen molar-refractivity contribution in [1.29, 1.82) is 0 Å². The summed E-state index contributed by atoms with van der Waals surface area (Å²) in [5, 5.41) is 1.31. The molecule has 0 nitrogen and oxygen atoms in total. The molecule has 1 heterocycles. The Balaban J connectivity index is 1.53. The lowest BCUT2D eigenvalue weighted by Crippen LogP contribution is -2.21. The van der Waals surface area contributed by atoms with Crippen molar-refractivity contribution in [3.63, 3.8) is 0 Å². The van der Waals surface area contributed by atoms with E-state index in [2.05, 4.69) is 221 Å². The molecule has 1 aromatic heterocycles. The largest absolute Gasteiger partial charge is 0.135 e.